The van der Waals surface area contributed by atoms with E-state index in [4.69, 9.17) is 9.72 Å². The van der Waals surface area contributed by atoms with Gasteiger partial charge in [0.05, 0.1) is 19.6 Å². The minimum Gasteiger partial charge on any atom is -0.381 e. The van der Waals surface area contributed by atoms with E-state index >= 15 is 0 Å². The van der Waals surface area contributed by atoms with Gasteiger partial charge in [-0.3, -0.25) is 4.79 Å². The van der Waals surface area contributed by atoms with Gasteiger partial charge in [0, 0.05) is 25.9 Å². The molecule has 0 radical (unpaired) electrons. The molecular formula is C19H26N4O2. The van der Waals surface area contributed by atoms with Gasteiger partial charge < -0.3 is 14.2 Å². The second-order valence-corrected chi connectivity index (χ2v) is 7.10. The minimum atomic E-state index is 0.150. The fourth-order valence-electron chi connectivity index (χ4n) is 3.64. The smallest absolute Gasteiger partial charge is 0.225 e. The van der Waals surface area contributed by atoms with Crippen molar-refractivity contribution in [3.8, 4) is 0 Å². The molecule has 1 aliphatic carbocycles. The van der Waals surface area contributed by atoms with Gasteiger partial charge in [0.1, 0.15) is 11.3 Å². The summed E-state index contributed by atoms with van der Waals surface area (Å²) in [5.74, 6) is 1.76. The summed E-state index contributed by atoms with van der Waals surface area (Å²) in [6.07, 6.45) is 7.31. The van der Waals surface area contributed by atoms with Gasteiger partial charge in [-0.1, -0.05) is 13.3 Å². The number of carbonyl (C=O) groups is 1. The summed E-state index contributed by atoms with van der Waals surface area (Å²) in [4.78, 5) is 23.7. The highest BCUT2D eigenvalue weighted by Gasteiger charge is 2.25. The summed E-state index contributed by atoms with van der Waals surface area (Å²) in [7, 11) is 0. The van der Waals surface area contributed by atoms with Crippen molar-refractivity contribution in [3.63, 3.8) is 0 Å². The molecule has 25 heavy (non-hydrogen) atoms. The van der Waals surface area contributed by atoms with E-state index in [0.29, 0.717) is 25.5 Å². The van der Waals surface area contributed by atoms with Crippen LogP contribution >= 0.6 is 0 Å². The van der Waals surface area contributed by atoms with Crippen molar-refractivity contribution >= 4 is 17.1 Å². The highest BCUT2D eigenvalue weighted by atomic mass is 16.5. The summed E-state index contributed by atoms with van der Waals surface area (Å²) in [5.41, 5.74) is 3.24. The molecule has 1 fully saturated rings. The summed E-state index contributed by atoms with van der Waals surface area (Å²) in [6, 6.07) is 2.20. The minimum absolute atomic E-state index is 0.150. The van der Waals surface area contributed by atoms with Crippen molar-refractivity contribution in [2.24, 2.45) is 0 Å². The van der Waals surface area contributed by atoms with Gasteiger partial charge in [-0.2, -0.15) is 0 Å². The third-order valence-electron chi connectivity index (χ3n) is 5.35. The Morgan fingerprint density at radius 3 is 2.96 bits per heavy atom. The van der Waals surface area contributed by atoms with Crippen molar-refractivity contribution in [1.82, 2.24) is 19.4 Å². The lowest BCUT2D eigenvalue weighted by molar-refractivity contribution is -0.133. The lowest BCUT2D eigenvalue weighted by atomic mass is 9.81. The molecule has 6 nitrogen and oxygen atoms in total. The molecule has 2 aliphatic rings. The first-order chi connectivity index (χ1) is 12.3. The van der Waals surface area contributed by atoms with E-state index in [1.807, 2.05) is 11.1 Å². The number of rotatable bonds is 6. The average Bonchev–Trinajstić information content (AvgIpc) is 2.93. The molecule has 1 saturated carbocycles. The van der Waals surface area contributed by atoms with Crippen LogP contribution in [-0.4, -0.2) is 45.1 Å². The van der Waals surface area contributed by atoms with Crippen LogP contribution in [0.15, 0.2) is 12.3 Å². The normalized spacial score (nSPS) is 17.6. The van der Waals surface area contributed by atoms with Gasteiger partial charge in [0.2, 0.25) is 5.91 Å². The summed E-state index contributed by atoms with van der Waals surface area (Å²) < 4.78 is 7.60. The van der Waals surface area contributed by atoms with Crippen LogP contribution < -0.4 is 0 Å². The van der Waals surface area contributed by atoms with E-state index in [-0.39, 0.29) is 5.91 Å². The first kappa shape index (κ1) is 16.5. The van der Waals surface area contributed by atoms with E-state index in [0.717, 1.165) is 43.1 Å². The number of hydrogen-bond acceptors (Lipinski definition) is 4. The molecule has 0 unspecified atom stereocenters. The number of hydrogen-bond donors (Lipinski definition) is 0. The van der Waals surface area contributed by atoms with Crippen molar-refractivity contribution in [2.45, 2.75) is 58.0 Å². The fraction of sp³-hybridized carbons (Fsp3) is 0.632. The van der Waals surface area contributed by atoms with Gasteiger partial charge in [-0.25, -0.2) is 9.97 Å². The molecule has 2 aromatic heterocycles. The molecule has 1 aliphatic heterocycles. The number of aromatic nitrogens is 3. The largest absolute Gasteiger partial charge is 0.381 e. The van der Waals surface area contributed by atoms with Gasteiger partial charge in [0.25, 0.3) is 0 Å². The van der Waals surface area contributed by atoms with Crippen LogP contribution in [0.2, 0.25) is 0 Å². The number of fused-ring (bicyclic) bond motifs is 3. The van der Waals surface area contributed by atoms with E-state index < -0.39 is 0 Å². The Morgan fingerprint density at radius 2 is 2.20 bits per heavy atom. The third-order valence-corrected chi connectivity index (χ3v) is 5.35. The van der Waals surface area contributed by atoms with E-state index in [1.165, 1.54) is 24.8 Å². The molecule has 0 spiro atoms. The molecule has 0 N–H and O–H groups in total. The van der Waals surface area contributed by atoms with Crippen LogP contribution in [0.1, 0.15) is 56.3 Å². The SMILES string of the molecule is CCCOCCC(=O)N1CCn2c(nc3cc(C4CCC4)cnc32)C1. The standard InChI is InChI=1S/C19H26N4O2/c1-2-9-25-10-6-18(24)22-7-8-23-17(13-22)21-16-11-15(12-20-19(16)23)14-4-3-5-14/h11-12,14H,2-10,13H2,1H3. The second-order valence-electron chi connectivity index (χ2n) is 7.10. The molecule has 134 valence electrons. The van der Waals surface area contributed by atoms with Crippen LogP contribution in [0, 0.1) is 0 Å². The predicted octanol–water partition coefficient (Wildman–Crippen LogP) is 2.86. The number of amides is 1. The molecule has 0 atom stereocenters. The van der Waals surface area contributed by atoms with Gasteiger partial charge in [-0.05, 0) is 36.8 Å². The number of pyridine rings is 1. The van der Waals surface area contributed by atoms with E-state index in [1.54, 1.807) is 0 Å². The Labute approximate surface area is 148 Å². The summed E-state index contributed by atoms with van der Waals surface area (Å²) >= 11 is 0. The van der Waals surface area contributed by atoms with E-state index in [9.17, 15) is 4.79 Å². The lowest BCUT2D eigenvalue weighted by Crippen LogP contribution is -2.38. The maximum atomic E-state index is 12.4. The van der Waals surface area contributed by atoms with E-state index in [2.05, 4.69) is 22.5 Å². The first-order valence-electron chi connectivity index (χ1n) is 9.47. The topological polar surface area (TPSA) is 60.2 Å². The zero-order valence-corrected chi connectivity index (χ0v) is 14.9. The number of imidazole rings is 1. The maximum absolute atomic E-state index is 12.4. The van der Waals surface area contributed by atoms with Crippen molar-refractivity contribution in [1.29, 1.82) is 0 Å². The Morgan fingerprint density at radius 1 is 1.32 bits per heavy atom. The fourth-order valence-corrected chi connectivity index (χ4v) is 3.64. The molecule has 6 heteroatoms. The lowest BCUT2D eigenvalue weighted by Gasteiger charge is -2.28. The summed E-state index contributed by atoms with van der Waals surface area (Å²) in [5, 5.41) is 0. The first-order valence-corrected chi connectivity index (χ1v) is 9.47. The molecule has 1 amide bonds. The number of carbonyl (C=O) groups excluding carboxylic acids is 1. The zero-order valence-electron chi connectivity index (χ0n) is 14.9. The molecule has 0 saturated heterocycles. The quantitative estimate of drug-likeness (QED) is 0.758. The molecule has 3 heterocycles. The van der Waals surface area contributed by atoms with Crippen LogP contribution in [0.5, 0.6) is 0 Å². The van der Waals surface area contributed by atoms with Crippen LogP contribution in [0.3, 0.4) is 0 Å². The molecule has 4 rings (SSSR count). The maximum Gasteiger partial charge on any atom is 0.225 e. The van der Waals surface area contributed by atoms with Crippen molar-refractivity contribution in [2.75, 3.05) is 19.8 Å². The number of nitrogens with zero attached hydrogens (tertiary/aromatic N) is 4. The highest BCUT2D eigenvalue weighted by molar-refractivity contribution is 5.77. The Balaban J connectivity index is 1.46. The Hall–Kier alpha value is -1.95. The Bertz CT molecular complexity index is 766. The number of ether oxygens (including phenoxy) is 1. The monoisotopic (exact) mass is 342 g/mol. The van der Waals surface area contributed by atoms with Crippen LogP contribution in [0.25, 0.3) is 11.2 Å². The van der Waals surface area contributed by atoms with Crippen LogP contribution in [-0.2, 0) is 22.6 Å². The third kappa shape index (κ3) is 3.27. The van der Waals surface area contributed by atoms with Gasteiger partial charge in [-0.15, -0.1) is 0 Å². The summed E-state index contributed by atoms with van der Waals surface area (Å²) in [6.45, 7) is 5.35. The van der Waals surface area contributed by atoms with Gasteiger partial charge in [0.15, 0.2) is 5.65 Å². The average molecular weight is 342 g/mol. The molecule has 0 aromatic carbocycles. The van der Waals surface area contributed by atoms with Gasteiger partial charge >= 0.3 is 0 Å². The van der Waals surface area contributed by atoms with Crippen molar-refractivity contribution in [3.05, 3.63) is 23.7 Å². The molecule has 0 bridgehead atoms. The zero-order chi connectivity index (χ0) is 17.2. The van der Waals surface area contributed by atoms with Crippen LogP contribution in [0.4, 0.5) is 0 Å². The van der Waals surface area contributed by atoms with Crippen molar-refractivity contribution < 1.29 is 9.53 Å². The Kier molecular flexibility index (Phi) is 4.70. The molecule has 2 aromatic rings. The highest BCUT2D eigenvalue weighted by Crippen LogP contribution is 2.36. The molecular weight excluding hydrogens is 316 g/mol. The second kappa shape index (κ2) is 7.12. The predicted molar refractivity (Wildman–Crippen MR) is 95.3 cm³/mol.